The zero-order valence-corrected chi connectivity index (χ0v) is 41.7. The number of hydrogen-bond donors (Lipinski definition) is 0. The van der Waals surface area contributed by atoms with E-state index in [2.05, 4.69) is 37.5 Å². The van der Waals surface area contributed by atoms with Gasteiger partial charge in [0.2, 0.25) is 0 Å². The molecule has 6 aliphatic rings. The van der Waals surface area contributed by atoms with E-state index in [9.17, 15) is 24.0 Å². The van der Waals surface area contributed by atoms with Crippen molar-refractivity contribution in [1.29, 1.82) is 0 Å². The molecule has 65 heavy (non-hydrogen) atoms. The molecule has 2 heterocycles. The Morgan fingerprint density at radius 3 is 1.71 bits per heavy atom. The van der Waals surface area contributed by atoms with Crippen molar-refractivity contribution in [3.63, 3.8) is 0 Å². The first-order valence-corrected chi connectivity index (χ1v) is 27.0. The predicted molar refractivity (Wildman–Crippen MR) is 255 cm³/mol. The van der Waals surface area contributed by atoms with Gasteiger partial charge >= 0.3 is 11.9 Å². The van der Waals surface area contributed by atoms with Crippen LogP contribution in [0.3, 0.4) is 0 Å². The predicted octanol–water partition coefficient (Wildman–Crippen LogP) is 9.99. The average Bonchev–Trinajstić information content (AvgIpc) is 3.67. The van der Waals surface area contributed by atoms with Crippen LogP contribution in [0.2, 0.25) is 0 Å². The molecule has 372 valence electrons. The lowest BCUT2D eigenvalue weighted by Crippen LogP contribution is -2.60. The van der Waals surface area contributed by atoms with Crippen molar-refractivity contribution in [2.75, 3.05) is 78.9 Å². The van der Waals surface area contributed by atoms with Crippen LogP contribution in [0.4, 0.5) is 0 Å². The molecule has 0 N–H and O–H groups in total. The number of ether oxygens (including phenoxy) is 4. The highest BCUT2D eigenvalue weighted by Gasteiger charge is 2.66. The number of unbranched alkanes of at least 4 members (excludes halogenated alkanes) is 14. The summed E-state index contributed by atoms with van der Waals surface area (Å²) in [6, 6.07) is 0. The molecular formula is C54H92N2O9. The van der Waals surface area contributed by atoms with Gasteiger partial charge < -0.3 is 18.9 Å². The maximum Gasteiger partial charge on any atom is 0.305 e. The molecule has 4 saturated carbocycles. The maximum absolute atomic E-state index is 13.9. The summed E-state index contributed by atoms with van der Waals surface area (Å²) in [5.41, 5.74) is -0.581. The second-order valence-electron chi connectivity index (χ2n) is 21.5. The Morgan fingerprint density at radius 2 is 1.17 bits per heavy atom. The van der Waals surface area contributed by atoms with Gasteiger partial charge in [-0.2, -0.15) is 0 Å². The van der Waals surface area contributed by atoms with Crippen molar-refractivity contribution in [2.24, 2.45) is 46.3 Å². The van der Waals surface area contributed by atoms with Gasteiger partial charge in [-0.3, -0.25) is 33.8 Å². The fourth-order valence-electron chi connectivity index (χ4n) is 12.9. The first kappa shape index (κ1) is 53.7. The number of carbonyl (C=O) groups is 5. The van der Waals surface area contributed by atoms with Crippen molar-refractivity contribution in [1.82, 2.24) is 9.80 Å². The van der Waals surface area contributed by atoms with E-state index in [-0.39, 0.29) is 58.6 Å². The van der Waals surface area contributed by atoms with E-state index in [1.807, 2.05) is 0 Å². The molecule has 0 radical (unpaired) electrons. The monoisotopic (exact) mass is 913 g/mol. The minimum Gasteiger partial charge on any atom is -0.464 e. The molecule has 0 bridgehead atoms. The lowest BCUT2D eigenvalue weighted by atomic mass is 9.44. The van der Waals surface area contributed by atoms with Gasteiger partial charge in [-0.05, 0) is 67.1 Å². The fourth-order valence-corrected chi connectivity index (χ4v) is 12.9. The van der Waals surface area contributed by atoms with Crippen LogP contribution in [0.1, 0.15) is 188 Å². The highest BCUT2D eigenvalue weighted by Crippen LogP contribution is 2.66. The van der Waals surface area contributed by atoms with Crippen LogP contribution in [0.5, 0.6) is 0 Å². The topological polar surface area (TPSA) is 129 Å². The highest BCUT2D eigenvalue weighted by molar-refractivity contribution is 5.93. The van der Waals surface area contributed by atoms with Crippen LogP contribution in [0.25, 0.3) is 0 Å². The number of nitrogens with zero attached hydrogens (tertiary/aromatic N) is 2. The summed E-state index contributed by atoms with van der Waals surface area (Å²) >= 11 is 0. The third kappa shape index (κ3) is 16.2. The minimum atomic E-state index is -0.496. The summed E-state index contributed by atoms with van der Waals surface area (Å²) in [4.78, 5) is 68.4. The van der Waals surface area contributed by atoms with Crippen LogP contribution >= 0.6 is 0 Å². The van der Waals surface area contributed by atoms with Crippen molar-refractivity contribution in [2.45, 2.75) is 188 Å². The normalized spacial score (nSPS) is 29.8. The van der Waals surface area contributed by atoms with Gasteiger partial charge in [-0.1, -0.05) is 118 Å². The van der Waals surface area contributed by atoms with E-state index in [1.165, 1.54) is 83.5 Å². The fraction of sp³-hybridized carbons (Fsp3) is 0.907. The molecule has 0 aromatic heterocycles. The lowest BCUT2D eigenvalue weighted by molar-refractivity contribution is -0.166. The molecule has 8 atom stereocenters. The summed E-state index contributed by atoms with van der Waals surface area (Å²) in [7, 11) is 0. The Kier molecular flexibility index (Phi) is 23.4. The largest absolute Gasteiger partial charge is 0.464 e. The zero-order valence-electron chi connectivity index (χ0n) is 41.7. The molecule has 1 unspecified atom stereocenters. The van der Waals surface area contributed by atoms with Crippen LogP contribution < -0.4 is 0 Å². The van der Waals surface area contributed by atoms with Gasteiger partial charge in [0.25, 0.3) is 0 Å². The quantitative estimate of drug-likeness (QED) is 0.0608. The van der Waals surface area contributed by atoms with Gasteiger partial charge in [0.15, 0.2) is 0 Å². The van der Waals surface area contributed by atoms with E-state index in [0.717, 1.165) is 97.8 Å². The van der Waals surface area contributed by atoms with Gasteiger partial charge in [-0.25, -0.2) is 0 Å². The molecular weight excluding hydrogens is 821 g/mol. The van der Waals surface area contributed by atoms with Gasteiger partial charge in [-0.15, -0.1) is 0 Å². The molecule has 0 aromatic rings. The van der Waals surface area contributed by atoms with Crippen LogP contribution in [-0.2, 0) is 42.9 Å². The molecule has 0 amide bonds. The molecule has 6 fully saturated rings. The Bertz CT molecular complexity index is 1460. The smallest absolute Gasteiger partial charge is 0.305 e. The minimum absolute atomic E-state index is 0.0250. The summed E-state index contributed by atoms with van der Waals surface area (Å²) in [5, 5.41) is 0. The number of esters is 2. The van der Waals surface area contributed by atoms with Crippen molar-refractivity contribution < 1.29 is 42.9 Å². The van der Waals surface area contributed by atoms with E-state index >= 15 is 0 Å². The Morgan fingerprint density at radius 1 is 0.662 bits per heavy atom. The Balaban J connectivity index is 0.000000255. The van der Waals surface area contributed by atoms with E-state index in [1.54, 1.807) is 0 Å². The standard InChI is InChI=1S/C30H45NO6.C24H47NO3/c1-19(4-7-27(35)37-15-12-31-10-13-36-14-11-31)22-5-6-23-28-24(18-26(34)30(22,23)3)29(2)9-8-21(32)16-20(29)17-25(28)33;1-2-3-4-5-6-7-8-9-10-11-12-13-14-15-16-17-24(26)28-23-20-25-18-21-27-22-19-25/h19-20,22-24,28H,4-18H2,1-3H3;2-23H2,1H3/t19?,20-,22+,23-,24-,28-,29-,30+;/m0./s1. The van der Waals surface area contributed by atoms with E-state index < -0.39 is 5.41 Å². The third-order valence-electron chi connectivity index (χ3n) is 17.2. The molecule has 0 aromatic carbocycles. The second kappa shape index (κ2) is 28.3. The van der Waals surface area contributed by atoms with Crippen molar-refractivity contribution in [3.05, 3.63) is 0 Å². The summed E-state index contributed by atoms with van der Waals surface area (Å²) in [5.74, 6) is 1.32. The van der Waals surface area contributed by atoms with E-state index in [4.69, 9.17) is 18.9 Å². The van der Waals surface area contributed by atoms with Gasteiger partial charge in [0.1, 0.15) is 30.6 Å². The number of Topliss-reactive ketones (excluding diaryl/α,β-unsaturated/α-hetero) is 3. The SMILES string of the molecule is CC(CCC(=O)OCCN1CCOCC1)[C@H]1CC[C@H]2[C@@H]3C(=O)C[C@@H]4CC(=O)CC[C@]4(C)[C@H]3CC(=O)[C@]12C.CCCCCCCCCCCCCCCCCC(=O)OCCN1CCOCC1. The van der Waals surface area contributed by atoms with Crippen LogP contribution in [0, 0.1) is 46.3 Å². The van der Waals surface area contributed by atoms with Crippen LogP contribution in [0.15, 0.2) is 0 Å². The Hall–Kier alpha value is -2.21. The first-order chi connectivity index (χ1) is 31.5. The number of ketones is 3. The molecule has 4 aliphatic carbocycles. The number of rotatable bonds is 26. The summed E-state index contributed by atoms with van der Waals surface area (Å²) < 4.78 is 21.5. The second-order valence-corrected chi connectivity index (χ2v) is 21.5. The molecule has 6 rings (SSSR count). The summed E-state index contributed by atoms with van der Waals surface area (Å²) in [6.45, 7) is 18.1. The zero-order chi connectivity index (χ0) is 46.5. The number of carbonyl (C=O) groups excluding carboxylic acids is 5. The maximum atomic E-state index is 13.9. The third-order valence-corrected chi connectivity index (χ3v) is 17.2. The van der Waals surface area contributed by atoms with Crippen molar-refractivity contribution in [3.8, 4) is 0 Å². The van der Waals surface area contributed by atoms with Crippen molar-refractivity contribution >= 4 is 29.3 Å². The highest BCUT2D eigenvalue weighted by atomic mass is 16.5. The van der Waals surface area contributed by atoms with Gasteiger partial charge in [0.05, 0.1) is 26.4 Å². The number of fused-ring (bicyclic) bond motifs is 5. The molecule has 2 aliphatic heterocycles. The molecule has 11 heteroatoms. The number of morpholine rings is 2. The summed E-state index contributed by atoms with van der Waals surface area (Å²) in [6.07, 6.45) is 26.6. The number of hydrogen-bond acceptors (Lipinski definition) is 11. The lowest BCUT2D eigenvalue weighted by Gasteiger charge is -2.58. The molecule has 0 spiro atoms. The van der Waals surface area contributed by atoms with Gasteiger partial charge in [0, 0.05) is 89.1 Å². The van der Waals surface area contributed by atoms with Crippen LogP contribution in [-0.4, -0.2) is 118 Å². The average molecular weight is 913 g/mol. The van der Waals surface area contributed by atoms with E-state index in [0.29, 0.717) is 69.7 Å². The Labute approximate surface area is 394 Å². The first-order valence-electron chi connectivity index (χ1n) is 27.0. The molecule has 11 nitrogen and oxygen atoms in total. The molecule has 2 saturated heterocycles.